The smallest absolute Gasteiger partial charge is 0.253 e. The van der Waals surface area contributed by atoms with E-state index in [2.05, 4.69) is 4.98 Å². The highest BCUT2D eigenvalue weighted by atomic mass is 19.1. The molecular formula is C14H15FN2O3. The molecule has 0 saturated heterocycles. The number of hydrogen-bond acceptors (Lipinski definition) is 4. The Hall–Kier alpha value is -2.05. The van der Waals surface area contributed by atoms with Crippen LogP contribution in [0.1, 0.15) is 0 Å². The Morgan fingerprint density at radius 1 is 1.20 bits per heavy atom. The normalized spacial score (nSPS) is 11.0. The van der Waals surface area contributed by atoms with Crippen molar-refractivity contribution in [2.24, 2.45) is 0 Å². The van der Waals surface area contributed by atoms with Crippen LogP contribution in [0.25, 0.3) is 11.4 Å². The molecule has 0 aliphatic carbocycles. The molecule has 1 heterocycles. The van der Waals surface area contributed by atoms with Crippen molar-refractivity contribution in [3.05, 3.63) is 52.7 Å². The molecule has 0 saturated carbocycles. The van der Waals surface area contributed by atoms with Gasteiger partial charge in [0.05, 0.1) is 6.54 Å². The largest absolute Gasteiger partial charge is 0.354 e. The van der Waals surface area contributed by atoms with Gasteiger partial charge < -0.3 is 9.47 Å². The standard InChI is InChI=1S/C14H15FN2O3/c1-19-13(20-2)9-17-12(18)7-8-16-14(17)10-3-5-11(15)6-4-10/h3-8,13H,9H2,1-2H3. The van der Waals surface area contributed by atoms with Crippen molar-refractivity contribution in [2.75, 3.05) is 14.2 Å². The second-order valence-corrected chi connectivity index (χ2v) is 4.13. The van der Waals surface area contributed by atoms with Crippen molar-refractivity contribution in [3.8, 4) is 11.4 Å². The maximum Gasteiger partial charge on any atom is 0.253 e. The molecule has 0 unspecified atom stereocenters. The zero-order valence-electron chi connectivity index (χ0n) is 11.2. The highest BCUT2D eigenvalue weighted by Gasteiger charge is 2.13. The molecule has 0 amide bonds. The summed E-state index contributed by atoms with van der Waals surface area (Å²) in [7, 11) is 2.99. The molecule has 20 heavy (non-hydrogen) atoms. The van der Waals surface area contributed by atoms with Gasteiger partial charge in [0.15, 0.2) is 6.29 Å². The second-order valence-electron chi connectivity index (χ2n) is 4.13. The average Bonchev–Trinajstić information content (AvgIpc) is 2.47. The molecule has 1 aromatic heterocycles. The first-order valence-electron chi connectivity index (χ1n) is 6.03. The number of benzene rings is 1. The van der Waals surface area contributed by atoms with Gasteiger partial charge in [-0.3, -0.25) is 9.36 Å². The second kappa shape index (κ2) is 6.40. The molecule has 5 nitrogen and oxygen atoms in total. The highest BCUT2D eigenvalue weighted by Crippen LogP contribution is 2.16. The fraction of sp³-hybridized carbons (Fsp3) is 0.286. The third-order valence-electron chi connectivity index (χ3n) is 2.90. The fourth-order valence-electron chi connectivity index (χ4n) is 1.84. The Morgan fingerprint density at radius 3 is 2.45 bits per heavy atom. The van der Waals surface area contributed by atoms with Gasteiger partial charge in [0.1, 0.15) is 11.6 Å². The van der Waals surface area contributed by atoms with E-state index in [0.29, 0.717) is 11.4 Å². The van der Waals surface area contributed by atoms with Crippen LogP contribution in [-0.4, -0.2) is 30.1 Å². The molecule has 0 radical (unpaired) electrons. The Bertz CT molecular complexity index is 621. The van der Waals surface area contributed by atoms with E-state index in [1.807, 2.05) is 0 Å². The van der Waals surface area contributed by atoms with Crippen LogP contribution in [0.15, 0.2) is 41.3 Å². The van der Waals surface area contributed by atoms with E-state index in [1.54, 1.807) is 12.1 Å². The molecule has 0 aliphatic rings. The predicted octanol–water partition coefficient (Wildman–Crippen LogP) is 1.67. The van der Waals surface area contributed by atoms with Crippen molar-refractivity contribution >= 4 is 0 Å². The zero-order valence-corrected chi connectivity index (χ0v) is 11.2. The first-order chi connectivity index (χ1) is 9.65. The molecule has 0 bridgehead atoms. The first kappa shape index (κ1) is 14.4. The van der Waals surface area contributed by atoms with E-state index < -0.39 is 6.29 Å². The van der Waals surface area contributed by atoms with Gasteiger partial charge >= 0.3 is 0 Å². The number of aromatic nitrogens is 2. The monoisotopic (exact) mass is 278 g/mol. The van der Waals surface area contributed by atoms with E-state index in [1.165, 1.54) is 43.2 Å². The molecule has 2 aromatic rings. The Labute approximate surface area is 115 Å². The van der Waals surface area contributed by atoms with Gasteiger partial charge in [0.25, 0.3) is 5.56 Å². The van der Waals surface area contributed by atoms with E-state index in [0.717, 1.165) is 0 Å². The molecule has 0 N–H and O–H groups in total. The third kappa shape index (κ3) is 3.09. The van der Waals surface area contributed by atoms with Gasteiger partial charge in [-0.05, 0) is 24.3 Å². The molecule has 0 aliphatic heterocycles. The summed E-state index contributed by atoms with van der Waals surface area (Å²) in [5, 5.41) is 0. The summed E-state index contributed by atoms with van der Waals surface area (Å²) in [6.45, 7) is 0.201. The van der Waals surface area contributed by atoms with Crippen LogP contribution in [0.3, 0.4) is 0 Å². The summed E-state index contributed by atoms with van der Waals surface area (Å²) in [5.74, 6) is 0.0989. The molecule has 0 spiro atoms. The first-order valence-corrected chi connectivity index (χ1v) is 6.03. The number of hydrogen-bond donors (Lipinski definition) is 0. The van der Waals surface area contributed by atoms with Crippen molar-refractivity contribution < 1.29 is 13.9 Å². The minimum Gasteiger partial charge on any atom is -0.354 e. The summed E-state index contributed by atoms with van der Waals surface area (Å²) in [5.41, 5.74) is 0.425. The van der Waals surface area contributed by atoms with Crippen LogP contribution >= 0.6 is 0 Å². The maximum atomic E-state index is 13.0. The Balaban J connectivity index is 2.45. The van der Waals surface area contributed by atoms with E-state index in [4.69, 9.17) is 9.47 Å². The number of methoxy groups -OCH3 is 2. The van der Waals surface area contributed by atoms with Gasteiger partial charge in [-0.2, -0.15) is 0 Å². The number of ether oxygens (including phenoxy) is 2. The van der Waals surface area contributed by atoms with Crippen LogP contribution in [0, 0.1) is 5.82 Å². The minimum absolute atomic E-state index is 0.201. The number of halogens is 1. The lowest BCUT2D eigenvalue weighted by Crippen LogP contribution is -2.30. The van der Waals surface area contributed by atoms with E-state index in [-0.39, 0.29) is 17.9 Å². The van der Waals surface area contributed by atoms with Gasteiger partial charge in [-0.25, -0.2) is 9.37 Å². The summed E-state index contributed by atoms with van der Waals surface area (Å²) in [6.07, 6.45) is 0.864. The fourth-order valence-corrected chi connectivity index (χ4v) is 1.84. The van der Waals surface area contributed by atoms with Crippen LogP contribution in [0.5, 0.6) is 0 Å². The molecule has 106 valence electrons. The third-order valence-corrected chi connectivity index (χ3v) is 2.90. The molecule has 2 rings (SSSR count). The Morgan fingerprint density at radius 2 is 1.85 bits per heavy atom. The summed E-state index contributed by atoms with van der Waals surface area (Å²) in [6, 6.07) is 7.14. The topological polar surface area (TPSA) is 53.4 Å². The molecule has 0 atom stereocenters. The Kier molecular flexibility index (Phi) is 4.60. The predicted molar refractivity (Wildman–Crippen MR) is 71.7 cm³/mol. The summed E-state index contributed by atoms with van der Waals surface area (Å²) >= 11 is 0. The molecule has 1 aromatic carbocycles. The van der Waals surface area contributed by atoms with Gasteiger partial charge in [0, 0.05) is 32.0 Å². The van der Waals surface area contributed by atoms with E-state index >= 15 is 0 Å². The van der Waals surface area contributed by atoms with E-state index in [9.17, 15) is 9.18 Å². The lowest BCUT2D eigenvalue weighted by Gasteiger charge is -2.17. The molecule has 6 heteroatoms. The average molecular weight is 278 g/mol. The van der Waals surface area contributed by atoms with Crippen molar-refractivity contribution in [1.29, 1.82) is 0 Å². The van der Waals surface area contributed by atoms with Crippen LogP contribution in [0.4, 0.5) is 4.39 Å². The van der Waals surface area contributed by atoms with Crippen molar-refractivity contribution in [2.45, 2.75) is 12.8 Å². The lowest BCUT2D eigenvalue weighted by atomic mass is 10.2. The maximum absolute atomic E-state index is 13.0. The van der Waals surface area contributed by atoms with Crippen LogP contribution < -0.4 is 5.56 Å². The number of rotatable bonds is 5. The van der Waals surface area contributed by atoms with Crippen molar-refractivity contribution in [3.63, 3.8) is 0 Å². The zero-order chi connectivity index (χ0) is 14.5. The lowest BCUT2D eigenvalue weighted by molar-refractivity contribution is -0.111. The molecule has 0 fully saturated rings. The van der Waals surface area contributed by atoms with Gasteiger partial charge in [-0.1, -0.05) is 0 Å². The summed E-state index contributed by atoms with van der Waals surface area (Å²) < 4.78 is 24.6. The highest BCUT2D eigenvalue weighted by molar-refractivity contribution is 5.54. The van der Waals surface area contributed by atoms with Gasteiger partial charge in [-0.15, -0.1) is 0 Å². The van der Waals surface area contributed by atoms with Gasteiger partial charge in [0.2, 0.25) is 0 Å². The molecular weight excluding hydrogens is 263 g/mol. The van der Waals surface area contributed by atoms with Crippen molar-refractivity contribution in [1.82, 2.24) is 9.55 Å². The quantitative estimate of drug-likeness (QED) is 0.781. The number of nitrogens with zero attached hydrogens (tertiary/aromatic N) is 2. The van der Waals surface area contributed by atoms with Crippen LogP contribution in [0.2, 0.25) is 0 Å². The van der Waals surface area contributed by atoms with Crippen LogP contribution in [-0.2, 0) is 16.0 Å². The minimum atomic E-state index is -0.559. The summed E-state index contributed by atoms with van der Waals surface area (Å²) in [4.78, 5) is 16.2. The SMILES string of the molecule is COC(Cn1c(-c2ccc(F)cc2)nccc1=O)OC.